The molecule has 1 atom stereocenters. The minimum atomic E-state index is 0. The first-order valence-corrected chi connectivity index (χ1v) is 12.2. The molecule has 1 unspecified atom stereocenters. The molecule has 0 bridgehead atoms. The maximum absolute atomic E-state index is 12.7. The molecule has 1 amide bonds. The van der Waals surface area contributed by atoms with E-state index in [1.807, 2.05) is 7.05 Å². The number of piperidine rings is 1. The van der Waals surface area contributed by atoms with Gasteiger partial charge in [0, 0.05) is 57.4 Å². The zero-order chi connectivity index (χ0) is 21.6. The van der Waals surface area contributed by atoms with Gasteiger partial charge >= 0.3 is 0 Å². The number of hydrogen-bond donors (Lipinski definition) is 2. The first-order chi connectivity index (χ1) is 15.1. The van der Waals surface area contributed by atoms with Crippen molar-refractivity contribution in [2.75, 3.05) is 38.1 Å². The molecule has 3 aliphatic rings. The van der Waals surface area contributed by atoms with E-state index < -0.39 is 0 Å². The van der Waals surface area contributed by atoms with E-state index in [0.29, 0.717) is 5.91 Å². The Labute approximate surface area is 210 Å². The molecule has 2 saturated heterocycles. The molecule has 178 valence electrons. The summed E-state index contributed by atoms with van der Waals surface area (Å²) in [4.78, 5) is 21.6. The molecule has 2 heterocycles. The molecule has 7 heteroatoms. The van der Waals surface area contributed by atoms with E-state index in [2.05, 4.69) is 56.6 Å². The molecule has 1 aromatic rings. The smallest absolute Gasteiger partial charge is 0.225 e. The number of likely N-dealkylation sites (tertiary alicyclic amines) is 1. The van der Waals surface area contributed by atoms with Crippen LogP contribution in [0.2, 0.25) is 0 Å². The summed E-state index contributed by atoms with van der Waals surface area (Å²) in [5, 5.41) is 6.95. The summed E-state index contributed by atoms with van der Waals surface area (Å²) in [6.45, 7) is 7.08. The average molecular weight is 554 g/mol. The van der Waals surface area contributed by atoms with Crippen molar-refractivity contribution in [2.45, 2.75) is 64.5 Å². The fourth-order valence-corrected chi connectivity index (χ4v) is 5.17. The number of anilines is 1. The molecular formula is C25H40IN5O. The Balaban J connectivity index is 0.00000289. The number of halogens is 1. The van der Waals surface area contributed by atoms with Crippen molar-refractivity contribution in [3.8, 4) is 0 Å². The molecule has 1 aromatic carbocycles. The number of benzene rings is 1. The van der Waals surface area contributed by atoms with Crippen molar-refractivity contribution in [2.24, 2.45) is 16.8 Å². The zero-order valence-electron chi connectivity index (χ0n) is 19.7. The molecule has 3 fully saturated rings. The van der Waals surface area contributed by atoms with E-state index >= 15 is 0 Å². The third-order valence-corrected chi connectivity index (χ3v) is 7.31. The van der Waals surface area contributed by atoms with Crippen LogP contribution in [0.15, 0.2) is 29.3 Å². The third-order valence-electron chi connectivity index (χ3n) is 7.31. The van der Waals surface area contributed by atoms with Crippen molar-refractivity contribution >= 4 is 41.5 Å². The van der Waals surface area contributed by atoms with E-state index in [0.717, 1.165) is 63.9 Å². The van der Waals surface area contributed by atoms with Gasteiger partial charge in [-0.25, -0.2) is 0 Å². The number of nitrogens with one attached hydrogen (secondary N) is 2. The van der Waals surface area contributed by atoms with Crippen LogP contribution in [0.25, 0.3) is 0 Å². The fraction of sp³-hybridized carbons (Fsp3) is 0.680. The standard InChI is InChI=1S/C25H39N5O.HI/c1-19-11-14-29(15-12-19)23-9-7-20(8-10-23)17-27-25(26-2)28-22-13-16-30(18-22)24(31)21-5-3-4-6-21;/h7-10,19,21-22H,3-6,11-18H2,1-2H3,(H2,26,27,28);1H. The summed E-state index contributed by atoms with van der Waals surface area (Å²) in [7, 11) is 1.81. The Morgan fingerprint density at radius 2 is 1.72 bits per heavy atom. The second-order valence-electron chi connectivity index (χ2n) is 9.66. The molecule has 1 saturated carbocycles. The molecular weight excluding hydrogens is 513 g/mol. The highest BCUT2D eigenvalue weighted by Crippen LogP contribution is 2.28. The van der Waals surface area contributed by atoms with Gasteiger partial charge in [0.1, 0.15) is 0 Å². The second kappa shape index (κ2) is 12.1. The summed E-state index contributed by atoms with van der Waals surface area (Å²) in [5.41, 5.74) is 2.58. The summed E-state index contributed by atoms with van der Waals surface area (Å²) in [6.07, 6.45) is 8.13. The van der Waals surface area contributed by atoms with Gasteiger partial charge in [-0.2, -0.15) is 0 Å². The number of amides is 1. The molecule has 1 aliphatic carbocycles. The molecule has 32 heavy (non-hydrogen) atoms. The summed E-state index contributed by atoms with van der Waals surface area (Å²) in [6, 6.07) is 9.19. The Morgan fingerprint density at radius 1 is 1.03 bits per heavy atom. The second-order valence-corrected chi connectivity index (χ2v) is 9.66. The van der Waals surface area contributed by atoms with Crippen LogP contribution in [0, 0.1) is 11.8 Å². The van der Waals surface area contributed by atoms with Crippen LogP contribution in [0.4, 0.5) is 5.69 Å². The van der Waals surface area contributed by atoms with Crippen LogP contribution in [-0.4, -0.2) is 56.0 Å². The van der Waals surface area contributed by atoms with E-state index in [9.17, 15) is 4.79 Å². The minimum absolute atomic E-state index is 0. The number of rotatable bonds is 5. The van der Waals surface area contributed by atoms with Crippen molar-refractivity contribution in [3.63, 3.8) is 0 Å². The van der Waals surface area contributed by atoms with Crippen molar-refractivity contribution < 1.29 is 4.79 Å². The van der Waals surface area contributed by atoms with E-state index in [4.69, 9.17) is 0 Å². The SMILES string of the molecule is CN=C(NCc1ccc(N2CCC(C)CC2)cc1)NC1CCN(C(=O)C2CCCC2)C1.I. The van der Waals surface area contributed by atoms with Gasteiger partial charge in [0.05, 0.1) is 0 Å². The third kappa shape index (κ3) is 6.51. The number of hydrogen-bond acceptors (Lipinski definition) is 3. The van der Waals surface area contributed by atoms with Crippen LogP contribution in [-0.2, 0) is 11.3 Å². The quantitative estimate of drug-likeness (QED) is 0.329. The van der Waals surface area contributed by atoms with Gasteiger partial charge < -0.3 is 20.4 Å². The van der Waals surface area contributed by atoms with Crippen molar-refractivity contribution in [1.82, 2.24) is 15.5 Å². The topological polar surface area (TPSA) is 60.0 Å². The largest absolute Gasteiger partial charge is 0.372 e. The van der Waals surface area contributed by atoms with E-state index in [1.165, 1.54) is 36.9 Å². The molecule has 6 nitrogen and oxygen atoms in total. The monoisotopic (exact) mass is 553 g/mol. The highest BCUT2D eigenvalue weighted by Gasteiger charge is 2.32. The molecule has 4 rings (SSSR count). The highest BCUT2D eigenvalue weighted by molar-refractivity contribution is 14.0. The van der Waals surface area contributed by atoms with Gasteiger partial charge in [-0.15, -0.1) is 24.0 Å². The summed E-state index contributed by atoms with van der Waals surface area (Å²) < 4.78 is 0. The minimum Gasteiger partial charge on any atom is -0.372 e. The van der Waals surface area contributed by atoms with E-state index in [1.54, 1.807) is 0 Å². The number of carbonyl (C=O) groups is 1. The van der Waals surface area contributed by atoms with Gasteiger partial charge in [-0.05, 0) is 55.7 Å². The Morgan fingerprint density at radius 3 is 2.38 bits per heavy atom. The van der Waals surface area contributed by atoms with Crippen molar-refractivity contribution in [3.05, 3.63) is 29.8 Å². The number of aliphatic imine (C=N–C) groups is 1. The lowest BCUT2D eigenvalue weighted by Gasteiger charge is -2.32. The average Bonchev–Trinajstić information content (AvgIpc) is 3.50. The van der Waals surface area contributed by atoms with Crippen molar-refractivity contribution in [1.29, 1.82) is 0 Å². The first kappa shape index (κ1) is 25.1. The van der Waals surface area contributed by atoms with Gasteiger partial charge in [-0.1, -0.05) is 31.9 Å². The number of guanidine groups is 1. The van der Waals surface area contributed by atoms with Gasteiger partial charge in [0.2, 0.25) is 5.91 Å². The molecule has 0 aromatic heterocycles. The molecule has 2 aliphatic heterocycles. The first-order valence-electron chi connectivity index (χ1n) is 12.2. The maximum Gasteiger partial charge on any atom is 0.225 e. The van der Waals surface area contributed by atoms with Crippen LogP contribution >= 0.6 is 24.0 Å². The van der Waals surface area contributed by atoms with Gasteiger partial charge in [-0.3, -0.25) is 9.79 Å². The van der Waals surface area contributed by atoms with Gasteiger partial charge in [0.15, 0.2) is 5.96 Å². The van der Waals surface area contributed by atoms with Crippen LogP contribution in [0.3, 0.4) is 0 Å². The summed E-state index contributed by atoms with van der Waals surface area (Å²) in [5.74, 6) is 2.31. The van der Waals surface area contributed by atoms with E-state index in [-0.39, 0.29) is 35.9 Å². The Bertz CT molecular complexity index is 754. The molecule has 2 N–H and O–H groups in total. The van der Waals surface area contributed by atoms with Gasteiger partial charge in [0.25, 0.3) is 0 Å². The predicted octanol–water partition coefficient (Wildman–Crippen LogP) is 4.00. The summed E-state index contributed by atoms with van der Waals surface area (Å²) >= 11 is 0. The highest BCUT2D eigenvalue weighted by atomic mass is 127. The van der Waals surface area contributed by atoms with Crippen LogP contribution in [0.1, 0.15) is 57.4 Å². The predicted molar refractivity (Wildman–Crippen MR) is 143 cm³/mol. The lowest BCUT2D eigenvalue weighted by Crippen LogP contribution is -2.45. The Hall–Kier alpha value is -1.51. The van der Waals surface area contributed by atoms with Crippen LogP contribution < -0.4 is 15.5 Å². The number of carbonyl (C=O) groups excluding carboxylic acids is 1. The lowest BCUT2D eigenvalue weighted by molar-refractivity contribution is -0.134. The number of nitrogens with zero attached hydrogens (tertiary/aromatic N) is 3. The lowest BCUT2D eigenvalue weighted by atomic mass is 9.99. The van der Waals surface area contributed by atoms with Crippen LogP contribution in [0.5, 0.6) is 0 Å². The molecule has 0 spiro atoms. The zero-order valence-corrected chi connectivity index (χ0v) is 22.0. The normalized spacial score (nSPS) is 22.7. The Kier molecular flexibility index (Phi) is 9.49. The maximum atomic E-state index is 12.7. The fourth-order valence-electron chi connectivity index (χ4n) is 5.17. The molecule has 0 radical (unpaired) electrons.